The lowest BCUT2D eigenvalue weighted by Crippen LogP contribution is -2.36. The van der Waals surface area contributed by atoms with E-state index in [4.69, 9.17) is 0 Å². The van der Waals surface area contributed by atoms with Crippen molar-refractivity contribution in [3.05, 3.63) is 0 Å². The first kappa shape index (κ1) is 14.3. The highest BCUT2D eigenvalue weighted by Crippen LogP contribution is 2.13. The molecule has 0 aromatic heterocycles. The van der Waals surface area contributed by atoms with Crippen LogP contribution in [0.15, 0.2) is 0 Å². The summed E-state index contributed by atoms with van der Waals surface area (Å²) in [5, 5.41) is 0. The predicted octanol–water partition coefficient (Wildman–Crippen LogP) is 3.60. The van der Waals surface area contributed by atoms with Crippen molar-refractivity contribution >= 4 is 12.6 Å². The molecule has 1 atom stereocenters. The Hall–Kier alpha value is 0.310. The van der Waals surface area contributed by atoms with E-state index in [0.717, 1.165) is 11.8 Å². The van der Waals surface area contributed by atoms with E-state index in [1.54, 1.807) is 0 Å². The molecule has 0 saturated heterocycles. The molecule has 14 heavy (non-hydrogen) atoms. The summed E-state index contributed by atoms with van der Waals surface area (Å²) in [6.07, 6.45) is 6.42. The van der Waals surface area contributed by atoms with Crippen LogP contribution in [-0.2, 0) is 0 Å². The van der Waals surface area contributed by atoms with Crippen molar-refractivity contribution in [2.24, 2.45) is 0 Å². The molecule has 0 spiro atoms. The van der Waals surface area contributed by atoms with Crippen LogP contribution in [0.3, 0.4) is 0 Å². The summed E-state index contributed by atoms with van der Waals surface area (Å²) in [6, 6.07) is 0.775. The zero-order valence-electron chi connectivity index (χ0n) is 10.1. The van der Waals surface area contributed by atoms with Crippen LogP contribution < -0.4 is 0 Å². The molecule has 0 radical (unpaired) electrons. The third kappa shape index (κ3) is 5.92. The SMILES string of the molecule is CCCC(CCS)N(CCC)CCC. The monoisotopic (exact) mass is 217 g/mol. The Labute approximate surface area is 95.7 Å². The summed E-state index contributed by atoms with van der Waals surface area (Å²) in [5.41, 5.74) is 0. The molecule has 1 nitrogen and oxygen atoms in total. The van der Waals surface area contributed by atoms with Gasteiger partial charge in [0.15, 0.2) is 0 Å². The van der Waals surface area contributed by atoms with E-state index in [9.17, 15) is 0 Å². The van der Waals surface area contributed by atoms with Crippen LogP contribution in [0.4, 0.5) is 0 Å². The van der Waals surface area contributed by atoms with Crippen molar-refractivity contribution in [2.75, 3.05) is 18.8 Å². The van der Waals surface area contributed by atoms with E-state index in [-0.39, 0.29) is 0 Å². The molecular formula is C12H27NS. The molecule has 86 valence electrons. The third-order valence-corrected chi connectivity index (χ3v) is 2.88. The number of rotatable bonds is 9. The average Bonchev–Trinajstić information content (AvgIpc) is 2.17. The van der Waals surface area contributed by atoms with Crippen LogP contribution in [0.1, 0.15) is 52.9 Å². The predicted molar refractivity (Wildman–Crippen MR) is 69.3 cm³/mol. The van der Waals surface area contributed by atoms with Crippen LogP contribution in [0.5, 0.6) is 0 Å². The minimum Gasteiger partial charge on any atom is -0.300 e. The van der Waals surface area contributed by atoms with Gasteiger partial charge in [0.25, 0.3) is 0 Å². The maximum Gasteiger partial charge on any atom is 0.0103 e. The Kier molecular flexibility index (Phi) is 10.1. The molecule has 0 aliphatic heterocycles. The van der Waals surface area contributed by atoms with Gasteiger partial charge < -0.3 is 4.90 Å². The van der Waals surface area contributed by atoms with E-state index in [1.807, 2.05) is 0 Å². The molecule has 0 amide bonds. The standard InChI is InChI=1S/C12H27NS/c1-4-7-12(8-11-14)13(9-5-2)10-6-3/h12,14H,4-11H2,1-3H3. The van der Waals surface area contributed by atoms with E-state index >= 15 is 0 Å². The van der Waals surface area contributed by atoms with Crippen LogP contribution in [0.25, 0.3) is 0 Å². The minimum atomic E-state index is 0.775. The fourth-order valence-electron chi connectivity index (χ4n) is 2.04. The molecule has 0 aliphatic carbocycles. The van der Waals surface area contributed by atoms with Gasteiger partial charge in [0.05, 0.1) is 0 Å². The van der Waals surface area contributed by atoms with Gasteiger partial charge in [0, 0.05) is 6.04 Å². The molecule has 0 N–H and O–H groups in total. The second kappa shape index (κ2) is 9.85. The Morgan fingerprint density at radius 2 is 1.50 bits per heavy atom. The minimum absolute atomic E-state index is 0.775. The molecule has 0 aromatic rings. The molecule has 0 heterocycles. The second-order valence-corrected chi connectivity index (χ2v) is 4.44. The lowest BCUT2D eigenvalue weighted by atomic mass is 10.1. The zero-order valence-corrected chi connectivity index (χ0v) is 11.0. The second-order valence-electron chi connectivity index (χ2n) is 3.99. The van der Waals surface area contributed by atoms with E-state index in [0.29, 0.717) is 0 Å². The highest BCUT2D eigenvalue weighted by molar-refractivity contribution is 7.80. The van der Waals surface area contributed by atoms with Gasteiger partial charge in [-0.1, -0.05) is 27.2 Å². The molecule has 1 unspecified atom stereocenters. The normalized spacial score (nSPS) is 13.5. The van der Waals surface area contributed by atoms with Crippen LogP contribution in [-0.4, -0.2) is 29.8 Å². The van der Waals surface area contributed by atoms with E-state index < -0.39 is 0 Å². The topological polar surface area (TPSA) is 3.24 Å². The Morgan fingerprint density at radius 1 is 0.929 bits per heavy atom. The highest BCUT2D eigenvalue weighted by atomic mass is 32.1. The van der Waals surface area contributed by atoms with Gasteiger partial charge in [-0.05, 0) is 44.5 Å². The molecule has 0 bridgehead atoms. The van der Waals surface area contributed by atoms with Gasteiger partial charge in [-0.15, -0.1) is 0 Å². The quantitative estimate of drug-likeness (QED) is 0.578. The van der Waals surface area contributed by atoms with Gasteiger partial charge in [-0.3, -0.25) is 0 Å². The Bertz CT molecular complexity index is 90.9. The molecule has 0 rings (SSSR count). The molecule has 0 aromatic carbocycles. The molecule has 0 fully saturated rings. The highest BCUT2D eigenvalue weighted by Gasteiger charge is 2.14. The smallest absolute Gasteiger partial charge is 0.0103 e. The van der Waals surface area contributed by atoms with Crippen LogP contribution >= 0.6 is 12.6 Å². The third-order valence-electron chi connectivity index (χ3n) is 2.62. The maximum absolute atomic E-state index is 4.36. The van der Waals surface area contributed by atoms with Crippen molar-refractivity contribution in [1.82, 2.24) is 4.90 Å². The maximum atomic E-state index is 4.36. The summed E-state index contributed by atoms with van der Waals surface area (Å²) < 4.78 is 0. The van der Waals surface area contributed by atoms with Crippen molar-refractivity contribution in [3.63, 3.8) is 0 Å². The average molecular weight is 217 g/mol. The molecule has 0 aliphatic rings. The summed E-state index contributed by atoms with van der Waals surface area (Å²) >= 11 is 4.36. The number of thiol groups is 1. The van der Waals surface area contributed by atoms with Gasteiger partial charge in [-0.25, -0.2) is 0 Å². The van der Waals surface area contributed by atoms with Crippen molar-refractivity contribution in [2.45, 2.75) is 58.9 Å². The number of hydrogen-bond donors (Lipinski definition) is 1. The van der Waals surface area contributed by atoms with Crippen molar-refractivity contribution in [1.29, 1.82) is 0 Å². The van der Waals surface area contributed by atoms with Gasteiger partial charge in [0.1, 0.15) is 0 Å². The van der Waals surface area contributed by atoms with Crippen molar-refractivity contribution in [3.8, 4) is 0 Å². The molecular weight excluding hydrogens is 190 g/mol. The number of hydrogen-bond acceptors (Lipinski definition) is 2. The fraction of sp³-hybridized carbons (Fsp3) is 1.00. The Balaban J connectivity index is 4.06. The zero-order chi connectivity index (χ0) is 10.8. The fourth-order valence-corrected chi connectivity index (χ4v) is 2.34. The van der Waals surface area contributed by atoms with E-state index in [2.05, 4.69) is 38.3 Å². The Morgan fingerprint density at radius 3 is 1.86 bits per heavy atom. The van der Waals surface area contributed by atoms with Crippen molar-refractivity contribution < 1.29 is 0 Å². The largest absolute Gasteiger partial charge is 0.300 e. The lowest BCUT2D eigenvalue weighted by Gasteiger charge is -2.30. The van der Waals surface area contributed by atoms with Gasteiger partial charge in [-0.2, -0.15) is 12.6 Å². The van der Waals surface area contributed by atoms with Crippen LogP contribution in [0, 0.1) is 0 Å². The first-order valence-corrected chi connectivity index (χ1v) is 6.78. The lowest BCUT2D eigenvalue weighted by molar-refractivity contribution is 0.182. The molecule has 0 saturated carbocycles. The summed E-state index contributed by atoms with van der Waals surface area (Å²) in [6.45, 7) is 9.33. The number of nitrogens with zero attached hydrogens (tertiary/aromatic N) is 1. The first-order valence-electron chi connectivity index (χ1n) is 6.14. The van der Waals surface area contributed by atoms with E-state index in [1.165, 1.54) is 45.2 Å². The summed E-state index contributed by atoms with van der Waals surface area (Å²) in [4.78, 5) is 2.65. The van der Waals surface area contributed by atoms with Crippen LogP contribution in [0.2, 0.25) is 0 Å². The summed E-state index contributed by atoms with van der Waals surface area (Å²) in [5.74, 6) is 1.02. The van der Waals surface area contributed by atoms with Gasteiger partial charge >= 0.3 is 0 Å². The summed E-state index contributed by atoms with van der Waals surface area (Å²) in [7, 11) is 0. The first-order chi connectivity index (χ1) is 6.79. The van der Waals surface area contributed by atoms with Gasteiger partial charge in [0.2, 0.25) is 0 Å². The molecule has 2 heteroatoms.